The van der Waals surface area contributed by atoms with Gasteiger partial charge in [0.2, 0.25) is 5.91 Å². The van der Waals surface area contributed by atoms with Gasteiger partial charge < -0.3 is 15.0 Å². The lowest BCUT2D eigenvalue weighted by atomic mass is 10.1. The molecule has 0 atom stereocenters. The van der Waals surface area contributed by atoms with Crippen molar-refractivity contribution in [1.29, 1.82) is 0 Å². The molecule has 0 unspecified atom stereocenters. The lowest BCUT2D eigenvalue weighted by Gasteiger charge is -2.26. The first-order valence-corrected chi connectivity index (χ1v) is 10.9. The van der Waals surface area contributed by atoms with Gasteiger partial charge in [0.25, 0.3) is 0 Å². The number of aromatic nitrogens is 3. The average Bonchev–Trinajstić information content (AvgIpc) is 3.25. The summed E-state index contributed by atoms with van der Waals surface area (Å²) in [6, 6.07) is 13.5. The van der Waals surface area contributed by atoms with Gasteiger partial charge in [-0.1, -0.05) is 11.6 Å². The standard InChI is InChI=1S/C24H22ClN5O2/c1-32-21-10-5-16(14-19(21)25)20-15-27-24-23(26-11-13-30(20)24)28-17-6-8-18(9-7-17)29-12-3-2-4-22(29)31/h5-11,13-15H,2-4,12H2,1H3,(H,26,28). The fourth-order valence-corrected chi connectivity index (χ4v) is 4.24. The highest BCUT2D eigenvalue weighted by molar-refractivity contribution is 6.32. The number of halogens is 1. The topological polar surface area (TPSA) is 71.8 Å². The van der Waals surface area contributed by atoms with Crippen LogP contribution in [-0.2, 0) is 4.79 Å². The monoisotopic (exact) mass is 447 g/mol. The number of carbonyl (C=O) groups is 1. The van der Waals surface area contributed by atoms with Crippen LogP contribution in [0.15, 0.2) is 61.1 Å². The van der Waals surface area contributed by atoms with Gasteiger partial charge in [-0.3, -0.25) is 9.20 Å². The zero-order chi connectivity index (χ0) is 22.1. The number of methoxy groups -OCH3 is 1. The van der Waals surface area contributed by atoms with Crippen LogP contribution in [0.5, 0.6) is 5.75 Å². The first-order chi connectivity index (χ1) is 15.6. The minimum atomic E-state index is 0.187. The van der Waals surface area contributed by atoms with Gasteiger partial charge in [0.05, 0.1) is 24.0 Å². The van der Waals surface area contributed by atoms with Gasteiger partial charge >= 0.3 is 0 Å². The molecule has 1 saturated heterocycles. The van der Waals surface area contributed by atoms with E-state index >= 15 is 0 Å². The molecule has 0 saturated carbocycles. The van der Waals surface area contributed by atoms with Gasteiger partial charge in [-0.05, 0) is 55.3 Å². The molecule has 7 nitrogen and oxygen atoms in total. The molecule has 1 aliphatic rings. The molecule has 0 bridgehead atoms. The number of piperidine rings is 1. The van der Waals surface area contributed by atoms with Crippen LogP contribution < -0.4 is 15.0 Å². The summed E-state index contributed by atoms with van der Waals surface area (Å²) in [6.45, 7) is 0.776. The number of nitrogens with zero attached hydrogens (tertiary/aromatic N) is 4. The maximum absolute atomic E-state index is 12.2. The third kappa shape index (κ3) is 3.76. The summed E-state index contributed by atoms with van der Waals surface area (Å²) in [6.07, 6.45) is 8.02. The van der Waals surface area contributed by atoms with Crippen molar-refractivity contribution in [1.82, 2.24) is 14.4 Å². The van der Waals surface area contributed by atoms with Crippen molar-refractivity contribution >= 4 is 40.3 Å². The van der Waals surface area contributed by atoms with Crippen LogP contribution in [0.1, 0.15) is 19.3 Å². The Hall–Kier alpha value is -3.58. The number of rotatable bonds is 5. The molecule has 32 heavy (non-hydrogen) atoms. The van der Waals surface area contributed by atoms with E-state index in [0.717, 1.165) is 42.0 Å². The van der Waals surface area contributed by atoms with Gasteiger partial charge in [-0.2, -0.15) is 0 Å². The minimum absolute atomic E-state index is 0.187. The Kier molecular flexibility index (Phi) is 5.41. The normalized spacial score (nSPS) is 14.1. The Morgan fingerprint density at radius 3 is 2.69 bits per heavy atom. The van der Waals surface area contributed by atoms with Crippen LogP contribution in [0.25, 0.3) is 16.9 Å². The van der Waals surface area contributed by atoms with E-state index in [1.54, 1.807) is 19.5 Å². The molecule has 3 heterocycles. The molecule has 4 aromatic rings. The van der Waals surface area contributed by atoms with E-state index in [1.807, 2.05) is 58.0 Å². The Morgan fingerprint density at radius 2 is 1.94 bits per heavy atom. The molecule has 0 aliphatic carbocycles. The molecule has 1 fully saturated rings. The van der Waals surface area contributed by atoms with Gasteiger partial charge in [0.15, 0.2) is 11.5 Å². The number of amides is 1. The number of fused-ring (bicyclic) bond motifs is 1. The van der Waals surface area contributed by atoms with Gasteiger partial charge in [0.1, 0.15) is 5.75 Å². The first-order valence-electron chi connectivity index (χ1n) is 10.5. The van der Waals surface area contributed by atoms with Crippen LogP contribution in [0.3, 0.4) is 0 Å². The quantitative estimate of drug-likeness (QED) is 0.448. The highest BCUT2D eigenvalue weighted by atomic mass is 35.5. The predicted molar refractivity (Wildman–Crippen MR) is 126 cm³/mol. The zero-order valence-electron chi connectivity index (χ0n) is 17.6. The lowest BCUT2D eigenvalue weighted by Crippen LogP contribution is -2.35. The number of hydrogen-bond acceptors (Lipinski definition) is 5. The van der Waals surface area contributed by atoms with E-state index < -0.39 is 0 Å². The van der Waals surface area contributed by atoms with Crippen LogP contribution in [0, 0.1) is 0 Å². The van der Waals surface area contributed by atoms with Crippen LogP contribution in [0.4, 0.5) is 17.2 Å². The number of nitrogens with one attached hydrogen (secondary N) is 1. The molecule has 1 amide bonds. The van der Waals surface area contributed by atoms with E-state index in [0.29, 0.717) is 28.7 Å². The third-order valence-corrected chi connectivity index (χ3v) is 5.94. The fraction of sp³-hybridized carbons (Fsp3) is 0.208. The van der Waals surface area contributed by atoms with Crippen molar-refractivity contribution in [2.24, 2.45) is 0 Å². The summed E-state index contributed by atoms with van der Waals surface area (Å²) in [5.74, 6) is 1.45. The highest BCUT2D eigenvalue weighted by Crippen LogP contribution is 2.32. The van der Waals surface area contributed by atoms with Gasteiger partial charge in [-0.15, -0.1) is 0 Å². The largest absolute Gasteiger partial charge is 0.495 e. The van der Waals surface area contributed by atoms with E-state index in [-0.39, 0.29) is 5.91 Å². The molecule has 2 aromatic heterocycles. The molecular weight excluding hydrogens is 426 g/mol. The highest BCUT2D eigenvalue weighted by Gasteiger charge is 2.19. The third-order valence-electron chi connectivity index (χ3n) is 5.64. The number of carbonyl (C=O) groups excluding carboxylic acids is 1. The van der Waals surface area contributed by atoms with E-state index in [1.165, 1.54) is 0 Å². The van der Waals surface area contributed by atoms with Gasteiger partial charge in [-0.25, -0.2) is 9.97 Å². The molecule has 5 rings (SSSR count). The molecule has 1 aliphatic heterocycles. The average molecular weight is 448 g/mol. The van der Waals surface area contributed by atoms with Crippen LogP contribution in [0.2, 0.25) is 5.02 Å². The summed E-state index contributed by atoms with van der Waals surface area (Å²) in [5.41, 5.74) is 4.32. The van der Waals surface area contributed by atoms with Crippen molar-refractivity contribution in [2.45, 2.75) is 19.3 Å². The van der Waals surface area contributed by atoms with Crippen molar-refractivity contribution < 1.29 is 9.53 Å². The molecule has 0 radical (unpaired) electrons. The SMILES string of the molecule is COc1ccc(-c2cnc3c(Nc4ccc(N5CCCCC5=O)cc4)nccn23)cc1Cl. The van der Waals surface area contributed by atoms with Crippen LogP contribution >= 0.6 is 11.6 Å². The summed E-state index contributed by atoms with van der Waals surface area (Å²) >= 11 is 6.31. The first kappa shape index (κ1) is 20.3. The number of imidazole rings is 1. The number of anilines is 3. The smallest absolute Gasteiger partial charge is 0.226 e. The van der Waals surface area contributed by atoms with Gasteiger partial charge in [0, 0.05) is 42.3 Å². The minimum Gasteiger partial charge on any atom is -0.495 e. The second kappa shape index (κ2) is 8.51. The van der Waals surface area contributed by atoms with E-state index in [9.17, 15) is 4.79 Å². The molecule has 162 valence electrons. The predicted octanol–water partition coefficient (Wildman–Crippen LogP) is 5.32. The van der Waals surface area contributed by atoms with Crippen molar-refractivity contribution in [3.8, 4) is 17.0 Å². The van der Waals surface area contributed by atoms with E-state index in [4.69, 9.17) is 16.3 Å². The zero-order valence-corrected chi connectivity index (χ0v) is 18.3. The lowest BCUT2D eigenvalue weighted by molar-refractivity contribution is -0.119. The summed E-state index contributed by atoms with van der Waals surface area (Å²) < 4.78 is 7.21. The van der Waals surface area contributed by atoms with Crippen molar-refractivity contribution in [3.05, 3.63) is 66.1 Å². The number of benzene rings is 2. The Balaban J connectivity index is 1.42. The summed E-state index contributed by atoms with van der Waals surface area (Å²) in [4.78, 5) is 23.1. The summed E-state index contributed by atoms with van der Waals surface area (Å²) in [7, 11) is 1.59. The Labute approximate surface area is 190 Å². The number of hydrogen-bond donors (Lipinski definition) is 1. The van der Waals surface area contributed by atoms with Crippen molar-refractivity contribution in [2.75, 3.05) is 23.9 Å². The fourth-order valence-electron chi connectivity index (χ4n) is 3.99. The molecule has 1 N–H and O–H groups in total. The molecule has 8 heteroatoms. The second-order valence-electron chi connectivity index (χ2n) is 7.64. The maximum Gasteiger partial charge on any atom is 0.226 e. The van der Waals surface area contributed by atoms with E-state index in [2.05, 4.69) is 15.3 Å². The van der Waals surface area contributed by atoms with Crippen molar-refractivity contribution in [3.63, 3.8) is 0 Å². The Morgan fingerprint density at radius 1 is 1.09 bits per heavy atom. The molecular formula is C24H22ClN5O2. The van der Waals surface area contributed by atoms with Crippen LogP contribution in [-0.4, -0.2) is 33.9 Å². The number of ether oxygens (including phenoxy) is 1. The maximum atomic E-state index is 12.2. The summed E-state index contributed by atoms with van der Waals surface area (Å²) in [5, 5.41) is 3.88. The Bertz CT molecular complexity index is 1290. The second-order valence-corrected chi connectivity index (χ2v) is 8.04. The molecule has 2 aromatic carbocycles. The molecule has 0 spiro atoms.